The van der Waals surface area contributed by atoms with Gasteiger partial charge in [0.05, 0.1) is 24.2 Å². The van der Waals surface area contributed by atoms with Gasteiger partial charge in [0.15, 0.2) is 11.5 Å². The second kappa shape index (κ2) is 7.59. The Morgan fingerprint density at radius 3 is 2.79 bits per heavy atom. The van der Waals surface area contributed by atoms with E-state index < -0.39 is 11.0 Å². The lowest BCUT2D eigenvalue weighted by molar-refractivity contribution is -0.195. The Labute approximate surface area is 200 Å². The summed E-state index contributed by atoms with van der Waals surface area (Å²) < 4.78 is 12.4. The van der Waals surface area contributed by atoms with Crippen molar-refractivity contribution in [3.8, 4) is 11.5 Å². The minimum absolute atomic E-state index is 0.0409. The normalized spacial score (nSPS) is 33.4. The highest BCUT2D eigenvalue weighted by Crippen LogP contribution is 2.65. The zero-order valence-electron chi connectivity index (χ0n) is 20.0. The highest BCUT2D eigenvalue weighted by atomic mass is 16.5. The number of aliphatic hydroxyl groups is 1. The number of hydrogen-bond acceptors (Lipinski definition) is 5. The molecule has 0 unspecified atom stereocenters. The Hall–Kier alpha value is -2.83. The zero-order chi connectivity index (χ0) is 23.7. The van der Waals surface area contributed by atoms with Gasteiger partial charge in [0.2, 0.25) is 5.91 Å². The maximum Gasteiger partial charge on any atom is 0.246 e. The summed E-state index contributed by atoms with van der Waals surface area (Å²) in [6.45, 7) is 0.890. The Kier molecular flexibility index (Phi) is 4.84. The summed E-state index contributed by atoms with van der Waals surface area (Å²) in [6, 6.07) is 13.9. The van der Waals surface area contributed by atoms with Gasteiger partial charge in [0, 0.05) is 24.7 Å². The fourth-order valence-electron chi connectivity index (χ4n) is 7.29. The number of likely N-dealkylation sites (tertiary alicyclic amines) is 1. The molecular formula is C28H32N2O4. The fraction of sp³-hybridized carbons (Fsp3) is 0.464. The lowest BCUT2D eigenvalue weighted by Crippen LogP contribution is -2.77. The largest absolute Gasteiger partial charge is 0.493 e. The first-order valence-electron chi connectivity index (χ1n) is 12.2. The molecule has 2 bridgehead atoms. The number of hydrogen-bond donors (Lipinski definition) is 1. The summed E-state index contributed by atoms with van der Waals surface area (Å²) in [5.74, 6) is 1.42. The maximum atomic E-state index is 13.3. The number of rotatable bonds is 4. The summed E-state index contributed by atoms with van der Waals surface area (Å²) in [4.78, 5) is 17.4. The van der Waals surface area contributed by atoms with Crippen LogP contribution >= 0.6 is 0 Å². The summed E-state index contributed by atoms with van der Waals surface area (Å²) in [5.41, 5.74) is 1.91. The average Bonchev–Trinajstić information content (AvgIpc) is 3.20. The number of piperidine rings is 1. The van der Waals surface area contributed by atoms with Gasteiger partial charge in [-0.15, -0.1) is 0 Å². The molecule has 2 aromatic carbocycles. The molecule has 4 aliphatic rings. The Bertz CT molecular complexity index is 1160. The van der Waals surface area contributed by atoms with E-state index in [1.807, 2.05) is 54.4 Å². The van der Waals surface area contributed by atoms with Gasteiger partial charge in [-0.3, -0.25) is 4.79 Å². The quantitative estimate of drug-likeness (QED) is 0.711. The fourth-order valence-corrected chi connectivity index (χ4v) is 7.29. The smallest absolute Gasteiger partial charge is 0.246 e. The minimum atomic E-state index is -0.893. The Morgan fingerprint density at radius 1 is 1.24 bits per heavy atom. The maximum absolute atomic E-state index is 13.3. The number of likely N-dealkylation sites (N-methyl/N-ethyl adjacent to an activating group) is 2. The molecule has 1 saturated heterocycles. The van der Waals surface area contributed by atoms with Crippen LogP contribution in [0, 0.1) is 0 Å². The average molecular weight is 461 g/mol. The van der Waals surface area contributed by atoms with Crippen molar-refractivity contribution >= 4 is 12.0 Å². The number of ether oxygens (including phenoxy) is 2. The van der Waals surface area contributed by atoms with Crippen LogP contribution in [0.1, 0.15) is 36.0 Å². The van der Waals surface area contributed by atoms with Crippen molar-refractivity contribution in [1.82, 2.24) is 9.80 Å². The predicted molar refractivity (Wildman–Crippen MR) is 130 cm³/mol. The first kappa shape index (κ1) is 21.7. The topological polar surface area (TPSA) is 62.2 Å². The van der Waals surface area contributed by atoms with E-state index in [1.54, 1.807) is 13.2 Å². The molecule has 34 heavy (non-hydrogen) atoms. The molecule has 1 amide bonds. The molecule has 0 aromatic heterocycles. The van der Waals surface area contributed by atoms with Crippen LogP contribution in [0.4, 0.5) is 0 Å². The SMILES string of the molecule is COc1ccc2c3c1O[C@H]1[C@@H](N(C)C(=O)C=Cc4ccccc4)CC[C@@]4(O)[C@@H](C2)N(C)CC[C@]314. The Balaban J connectivity index is 1.41. The van der Waals surface area contributed by atoms with Crippen LogP contribution in [-0.4, -0.2) is 72.4 Å². The zero-order valence-corrected chi connectivity index (χ0v) is 20.0. The van der Waals surface area contributed by atoms with Crippen molar-refractivity contribution in [2.45, 2.75) is 54.9 Å². The number of benzene rings is 2. The standard InChI is InChI=1S/C28H32N2O4/c1-29-16-15-27-24-19-10-11-21(33-3)25(24)34-26(27)20(13-14-28(27,32)22(29)17-19)30(2)23(31)12-9-18-7-5-4-6-8-18/h4-12,20,22,26,32H,13-17H2,1-3H3/t20-,22+,26-,27-,28+/m0/s1. The number of methoxy groups -OCH3 is 1. The first-order chi connectivity index (χ1) is 16.4. The molecule has 2 aromatic rings. The van der Waals surface area contributed by atoms with Crippen LogP contribution in [-0.2, 0) is 16.6 Å². The Morgan fingerprint density at radius 2 is 2.03 bits per heavy atom. The van der Waals surface area contributed by atoms with Crippen LogP contribution in [0.2, 0.25) is 0 Å². The molecule has 6 rings (SSSR count). The van der Waals surface area contributed by atoms with E-state index in [1.165, 1.54) is 5.56 Å². The number of amides is 1. The van der Waals surface area contributed by atoms with Crippen molar-refractivity contribution in [3.63, 3.8) is 0 Å². The van der Waals surface area contributed by atoms with Gasteiger partial charge in [-0.1, -0.05) is 36.4 Å². The molecule has 2 aliphatic heterocycles. The van der Waals surface area contributed by atoms with E-state index in [4.69, 9.17) is 9.47 Å². The molecule has 6 nitrogen and oxygen atoms in total. The van der Waals surface area contributed by atoms with Crippen molar-refractivity contribution in [2.75, 3.05) is 27.7 Å². The molecule has 1 N–H and O–H groups in total. The summed E-state index contributed by atoms with van der Waals surface area (Å²) in [5, 5.41) is 12.4. The van der Waals surface area contributed by atoms with Gasteiger partial charge < -0.3 is 24.4 Å². The van der Waals surface area contributed by atoms with Crippen molar-refractivity contribution in [1.29, 1.82) is 0 Å². The molecule has 178 valence electrons. The summed E-state index contributed by atoms with van der Waals surface area (Å²) >= 11 is 0. The third kappa shape index (κ3) is 2.72. The molecule has 0 radical (unpaired) electrons. The van der Waals surface area contributed by atoms with Gasteiger partial charge in [-0.25, -0.2) is 0 Å². The van der Waals surface area contributed by atoms with Gasteiger partial charge in [0.25, 0.3) is 0 Å². The molecule has 2 aliphatic carbocycles. The van der Waals surface area contributed by atoms with E-state index in [0.29, 0.717) is 18.6 Å². The lowest BCUT2D eigenvalue weighted by Gasteiger charge is -2.64. The van der Waals surface area contributed by atoms with Crippen LogP contribution in [0.3, 0.4) is 0 Å². The molecule has 2 fully saturated rings. The van der Waals surface area contributed by atoms with Crippen molar-refractivity contribution < 1.29 is 19.4 Å². The second-order valence-corrected chi connectivity index (χ2v) is 10.3. The lowest BCUT2D eigenvalue weighted by atomic mass is 9.48. The molecule has 1 saturated carbocycles. The number of carbonyl (C=O) groups excluding carboxylic acids is 1. The van der Waals surface area contributed by atoms with Crippen LogP contribution in [0.25, 0.3) is 6.08 Å². The van der Waals surface area contributed by atoms with E-state index >= 15 is 0 Å². The van der Waals surface area contributed by atoms with E-state index in [0.717, 1.165) is 36.3 Å². The summed E-state index contributed by atoms with van der Waals surface area (Å²) in [6.07, 6.45) is 6.12. The van der Waals surface area contributed by atoms with Crippen LogP contribution in [0.15, 0.2) is 48.5 Å². The molecule has 1 spiro atoms. The minimum Gasteiger partial charge on any atom is -0.493 e. The number of carbonyl (C=O) groups is 1. The third-order valence-electron chi connectivity index (χ3n) is 8.97. The van der Waals surface area contributed by atoms with Gasteiger partial charge in [-0.05, 0) is 62.5 Å². The molecule has 5 atom stereocenters. The highest BCUT2D eigenvalue weighted by molar-refractivity contribution is 5.92. The monoisotopic (exact) mass is 460 g/mol. The van der Waals surface area contributed by atoms with Crippen LogP contribution in [0.5, 0.6) is 11.5 Å². The summed E-state index contributed by atoms with van der Waals surface area (Å²) in [7, 11) is 5.64. The first-order valence-corrected chi connectivity index (χ1v) is 12.2. The van der Waals surface area contributed by atoms with Gasteiger partial charge >= 0.3 is 0 Å². The molecule has 2 heterocycles. The number of nitrogens with zero attached hydrogens (tertiary/aromatic N) is 2. The predicted octanol–water partition coefficient (Wildman–Crippen LogP) is 3.02. The molecular weight excluding hydrogens is 428 g/mol. The highest BCUT2D eigenvalue weighted by Gasteiger charge is 2.73. The van der Waals surface area contributed by atoms with E-state index in [9.17, 15) is 9.90 Å². The van der Waals surface area contributed by atoms with E-state index in [2.05, 4.69) is 18.0 Å². The van der Waals surface area contributed by atoms with Crippen molar-refractivity contribution in [2.24, 2.45) is 0 Å². The molecule has 6 heteroatoms. The van der Waals surface area contributed by atoms with Crippen molar-refractivity contribution in [3.05, 3.63) is 65.2 Å². The second-order valence-electron chi connectivity index (χ2n) is 10.3. The van der Waals surface area contributed by atoms with Gasteiger partial charge in [-0.2, -0.15) is 0 Å². The van der Waals surface area contributed by atoms with E-state index in [-0.39, 0.29) is 24.1 Å². The van der Waals surface area contributed by atoms with Gasteiger partial charge in [0.1, 0.15) is 6.10 Å². The third-order valence-corrected chi connectivity index (χ3v) is 8.97. The van der Waals surface area contributed by atoms with Crippen LogP contribution < -0.4 is 9.47 Å².